The van der Waals surface area contributed by atoms with Crippen LogP contribution in [0, 0.1) is 17.1 Å². The molecule has 3 rings (SSSR count). The highest BCUT2D eigenvalue weighted by Gasteiger charge is 2.14. The minimum atomic E-state index is -1.03. The van der Waals surface area contributed by atoms with Crippen molar-refractivity contribution >= 4 is 5.97 Å². The van der Waals surface area contributed by atoms with Crippen LogP contribution in [0.4, 0.5) is 4.39 Å². The molecular formula is C16H13FN8O3. The third-order valence-electron chi connectivity index (χ3n) is 3.43. The maximum atomic E-state index is 14.3. The fraction of sp³-hybridized carbons (Fsp3) is 0.188. The minimum Gasteiger partial charge on any atom is -0.481 e. The van der Waals surface area contributed by atoms with Crippen molar-refractivity contribution in [3.63, 3.8) is 0 Å². The molecule has 142 valence electrons. The van der Waals surface area contributed by atoms with Gasteiger partial charge in [-0.25, -0.2) is 14.4 Å². The topological polar surface area (TPSA) is 166 Å². The van der Waals surface area contributed by atoms with E-state index in [4.69, 9.17) is 20.8 Å². The molecule has 0 bridgehead atoms. The fourth-order valence-corrected chi connectivity index (χ4v) is 2.21. The molecule has 0 radical (unpaired) electrons. The van der Waals surface area contributed by atoms with Crippen LogP contribution < -0.4 is 10.5 Å². The molecule has 0 saturated heterocycles. The molecule has 0 unspecified atom stereocenters. The number of nitrogens with zero attached hydrogens (tertiary/aromatic N) is 7. The van der Waals surface area contributed by atoms with Crippen LogP contribution in [-0.2, 0) is 11.3 Å². The molecule has 0 aliphatic heterocycles. The van der Waals surface area contributed by atoms with Crippen molar-refractivity contribution in [3.8, 4) is 29.0 Å². The smallest absolute Gasteiger partial charge is 0.304 e. The molecule has 28 heavy (non-hydrogen) atoms. The zero-order valence-corrected chi connectivity index (χ0v) is 14.2. The first-order valence-corrected chi connectivity index (χ1v) is 7.89. The zero-order valence-electron chi connectivity index (χ0n) is 14.2. The van der Waals surface area contributed by atoms with Gasteiger partial charge in [0.1, 0.15) is 6.07 Å². The number of ether oxygens (including phenoxy) is 1. The maximum absolute atomic E-state index is 14.3. The third kappa shape index (κ3) is 4.59. The number of benzene rings is 1. The second kappa shape index (κ2) is 8.14. The molecular weight excluding hydrogens is 371 g/mol. The molecule has 1 aromatic carbocycles. The average Bonchev–Trinajstić information content (AvgIpc) is 3.11. The van der Waals surface area contributed by atoms with Gasteiger partial charge in [-0.15, -0.1) is 10.2 Å². The van der Waals surface area contributed by atoms with Crippen molar-refractivity contribution in [2.45, 2.75) is 19.0 Å². The normalized spacial score (nSPS) is 11.6. The van der Waals surface area contributed by atoms with Gasteiger partial charge in [0.25, 0.3) is 0 Å². The Kier molecular flexibility index (Phi) is 5.47. The number of carboxylic acids is 1. The molecule has 0 amide bonds. The molecule has 0 aliphatic carbocycles. The van der Waals surface area contributed by atoms with E-state index in [0.29, 0.717) is 5.56 Å². The Morgan fingerprint density at radius 3 is 2.79 bits per heavy atom. The number of carboxylic acid groups (broad SMARTS) is 1. The minimum absolute atomic E-state index is 0.0274. The molecule has 2 heterocycles. The number of halogens is 1. The molecule has 0 saturated carbocycles. The van der Waals surface area contributed by atoms with Crippen LogP contribution in [0.3, 0.4) is 0 Å². The largest absolute Gasteiger partial charge is 0.481 e. The number of nitriles is 1. The summed E-state index contributed by atoms with van der Waals surface area (Å²) >= 11 is 0. The van der Waals surface area contributed by atoms with Gasteiger partial charge >= 0.3 is 5.97 Å². The van der Waals surface area contributed by atoms with Gasteiger partial charge in [0.2, 0.25) is 11.6 Å². The number of rotatable bonds is 7. The molecule has 3 N–H and O–H groups in total. The van der Waals surface area contributed by atoms with Crippen LogP contribution in [0.5, 0.6) is 11.5 Å². The van der Waals surface area contributed by atoms with Crippen molar-refractivity contribution in [1.29, 1.82) is 5.26 Å². The lowest BCUT2D eigenvalue weighted by Gasteiger charge is -2.07. The Balaban J connectivity index is 1.71. The predicted molar refractivity (Wildman–Crippen MR) is 90.3 cm³/mol. The van der Waals surface area contributed by atoms with E-state index in [1.165, 1.54) is 30.6 Å². The summed E-state index contributed by atoms with van der Waals surface area (Å²) in [7, 11) is 0. The van der Waals surface area contributed by atoms with E-state index in [1.54, 1.807) is 6.07 Å². The standard InChI is InChI=1S/C16H13FN8O3/c17-12-3-9(16-22-24-25(23-16)8-10(19)4-15(26)27)1-2-13(12)28-11-6-20-14(5-18)21-7-11/h1-3,6-7,10H,4,8,19H2,(H,26,27)/t10-/m0/s1. The highest BCUT2D eigenvalue weighted by Crippen LogP contribution is 2.27. The third-order valence-corrected chi connectivity index (χ3v) is 3.43. The molecule has 0 fully saturated rings. The van der Waals surface area contributed by atoms with Gasteiger partial charge in [-0.3, -0.25) is 4.79 Å². The number of nitrogens with two attached hydrogens (primary N) is 1. The lowest BCUT2D eigenvalue weighted by Crippen LogP contribution is -2.30. The van der Waals surface area contributed by atoms with Crippen LogP contribution >= 0.6 is 0 Å². The molecule has 0 aliphatic rings. The first-order chi connectivity index (χ1) is 13.4. The van der Waals surface area contributed by atoms with Crippen molar-refractivity contribution < 1.29 is 19.0 Å². The van der Waals surface area contributed by atoms with Gasteiger partial charge < -0.3 is 15.6 Å². The summed E-state index contributed by atoms with van der Waals surface area (Å²) in [5.74, 6) is -1.50. The van der Waals surface area contributed by atoms with Crippen LogP contribution in [0.2, 0.25) is 0 Å². The summed E-state index contributed by atoms with van der Waals surface area (Å²) in [6.07, 6.45) is 2.27. The van der Waals surface area contributed by atoms with Gasteiger partial charge in [0, 0.05) is 11.6 Å². The average molecular weight is 384 g/mol. The lowest BCUT2D eigenvalue weighted by atomic mass is 10.2. The van der Waals surface area contributed by atoms with Crippen molar-refractivity contribution in [1.82, 2.24) is 30.2 Å². The molecule has 11 nitrogen and oxygen atoms in total. The number of hydrogen-bond donors (Lipinski definition) is 2. The van der Waals surface area contributed by atoms with Gasteiger partial charge in [-0.05, 0) is 23.4 Å². The highest BCUT2D eigenvalue weighted by molar-refractivity contribution is 5.67. The second-order valence-electron chi connectivity index (χ2n) is 5.63. The number of carbonyl (C=O) groups is 1. The number of aliphatic carboxylic acids is 1. The molecule has 3 aromatic rings. The zero-order chi connectivity index (χ0) is 20.1. The summed E-state index contributed by atoms with van der Waals surface area (Å²) in [4.78, 5) is 19.3. The van der Waals surface area contributed by atoms with E-state index >= 15 is 0 Å². The van der Waals surface area contributed by atoms with Gasteiger partial charge in [0.15, 0.2) is 17.3 Å². The Labute approximate surface area is 157 Å². The molecule has 12 heteroatoms. The van der Waals surface area contributed by atoms with Gasteiger partial charge in [0.05, 0.1) is 25.4 Å². The van der Waals surface area contributed by atoms with E-state index in [-0.39, 0.29) is 36.1 Å². The Hall–Kier alpha value is -3.98. The Morgan fingerprint density at radius 2 is 2.14 bits per heavy atom. The van der Waals surface area contributed by atoms with E-state index < -0.39 is 17.8 Å². The van der Waals surface area contributed by atoms with Crippen molar-refractivity contribution in [2.75, 3.05) is 0 Å². The summed E-state index contributed by atoms with van der Waals surface area (Å²) in [5, 5.41) is 29.0. The first-order valence-electron chi connectivity index (χ1n) is 7.89. The SMILES string of the molecule is N#Cc1ncc(Oc2ccc(-c3nnn(C[C@@H](N)CC(=O)O)n3)cc2F)cn1. The maximum Gasteiger partial charge on any atom is 0.304 e. The quantitative estimate of drug-likeness (QED) is 0.593. The predicted octanol–water partition coefficient (Wildman–Crippen LogP) is 0.735. The monoisotopic (exact) mass is 384 g/mol. The lowest BCUT2D eigenvalue weighted by molar-refractivity contribution is -0.137. The molecule has 1 atom stereocenters. The Morgan fingerprint density at radius 1 is 1.39 bits per heavy atom. The van der Waals surface area contributed by atoms with Gasteiger partial charge in [-0.1, -0.05) is 0 Å². The van der Waals surface area contributed by atoms with E-state index in [1.807, 2.05) is 0 Å². The van der Waals surface area contributed by atoms with Crippen LogP contribution in [-0.4, -0.2) is 47.3 Å². The van der Waals surface area contributed by atoms with Gasteiger partial charge in [-0.2, -0.15) is 10.1 Å². The summed E-state index contributed by atoms with van der Waals surface area (Å²) in [5.41, 5.74) is 6.02. The molecule has 0 spiro atoms. The van der Waals surface area contributed by atoms with Crippen molar-refractivity contribution in [2.24, 2.45) is 5.73 Å². The van der Waals surface area contributed by atoms with E-state index in [9.17, 15) is 9.18 Å². The van der Waals surface area contributed by atoms with Crippen LogP contribution in [0.1, 0.15) is 12.2 Å². The summed E-state index contributed by atoms with van der Waals surface area (Å²) in [6, 6.07) is 5.16. The van der Waals surface area contributed by atoms with E-state index in [0.717, 1.165) is 4.80 Å². The van der Waals surface area contributed by atoms with Crippen molar-refractivity contribution in [3.05, 3.63) is 42.2 Å². The summed E-state index contributed by atoms with van der Waals surface area (Å²) in [6.45, 7) is 0.0572. The van der Waals surface area contributed by atoms with Crippen LogP contribution in [0.25, 0.3) is 11.4 Å². The molecule has 2 aromatic heterocycles. The van der Waals surface area contributed by atoms with Crippen LogP contribution in [0.15, 0.2) is 30.6 Å². The number of tetrazole rings is 1. The first kappa shape index (κ1) is 18.8. The number of aromatic nitrogens is 6. The van der Waals surface area contributed by atoms with E-state index in [2.05, 4.69) is 25.4 Å². The Bertz CT molecular complexity index is 1030. The fourth-order valence-electron chi connectivity index (χ4n) is 2.21. The summed E-state index contributed by atoms with van der Waals surface area (Å²) < 4.78 is 19.7. The second-order valence-corrected chi connectivity index (χ2v) is 5.63. The number of hydrogen-bond acceptors (Lipinski definition) is 9. The highest BCUT2D eigenvalue weighted by atomic mass is 19.1.